The van der Waals surface area contributed by atoms with E-state index < -0.39 is 27.9 Å². The zero-order valence-corrected chi connectivity index (χ0v) is 17.6. The van der Waals surface area contributed by atoms with Crippen LogP contribution in [0.3, 0.4) is 0 Å². The molecule has 2 aromatic carbocycles. The number of ether oxygens (including phenoxy) is 1. The Morgan fingerprint density at radius 1 is 1.03 bits per heavy atom. The molecule has 0 aliphatic carbocycles. The Labute approximate surface area is 171 Å². The number of alkyl carbamates (subject to hydrolysis) is 1. The maximum Gasteiger partial charge on any atom is 0.408 e. The molecule has 7 nitrogen and oxygen atoms in total. The maximum absolute atomic E-state index is 12.7. The molecule has 0 heterocycles. The fraction of sp³-hybridized carbons (Fsp3) is 0.333. The van der Waals surface area contributed by atoms with Crippen molar-refractivity contribution in [2.45, 2.75) is 32.9 Å². The number of anilines is 1. The molecular formula is C21H26N2O5S. The molecule has 156 valence electrons. The van der Waals surface area contributed by atoms with Gasteiger partial charge in [0.2, 0.25) is 5.91 Å². The van der Waals surface area contributed by atoms with E-state index in [-0.39, 0.29) is 18.8 Å². The SMILES string of the molecule is Cc1ccc(NC(=O)[C@H](CCS(C)(=O)=O)NC(=O)OCc2ccccc2)cc1C. The van der Waals surface area contributed by atoms with Crippen molar-refractivity contribution in [3.8, 4) is 0 Å². The lowest BCUT2D eigenvalue weighted by Gasteiger charge is -2.18. The summed E-state index contributed by atoms with van der Waals surface area (Å²) in [5, 5.41) is 5.19. The largest absolute Gasteiger partial charge is 0.445 e. The second kappa shape index (κ2) is 10.1. The van der Waals surface area contributed by atoms with Crippen molar-refractivity contribution in [1.29, 1.82) is 0 Å². The number of hydrogen-bond acceptors (Lipinski definition) is 5. The van der Waals surface area contributed by atoms with Crippen molar-refractivity contribution < 1.29 is 22.7 Å². The van der Waals surface area contributed by atoms with Gasteiger partial charge in [-0.05, 0) is 49.1 Å². The van der Waals surface area contributed by atoms with Crippen LogP contribution in [0.4, 0.5) is 10.5 Å². The third-order valence-corrected chi connectivity index (χ3v) is 5.35. The van der Waals surface area contributed by atoms with Crippen molar-refractivity contribution in [3.05, 3.63) is 65.2 Å². The first-order chi connectivity index (χ1) is 13.6. The number of hydrogen-bond donors (Lipinski definition) is 2. The minimum atomic E-state index is -3.30. The van der Waals surface area contributed by atoms with Crippen LogP contribution >= 0.6 is 0 Å². The molecule has 0 saturated carbocycles. The summed E-state index contributed by atoms with van der Waals surface area (Å²) in [6.45, 7) is 3.93. The van der Waals surface area contributed by atoms with Crippen LogP contribution in [0.15, 0.2) is 48.5 Å². The Kier molecular flexibility index (Phi) is 7.78. The lowest BCUT2D eigenvalue weighted by Crippen LogP contribution is -2.45. The van der Waals surface area contributed by atoms with E-state index in [0.29, 0.717) is 5.69 Å². The highest BCUT2D eigenvalue weighted by molar-refractivity contribution is 7.90. The molecule has 0 fully saturated rings. The van der Waals surface area contributed by atoms with Crippen LogP contribution in [0.25, 0.3) is 0 Å². The number of rotatable bonds is 8. The number of carbonyl (C=O) groups excluding carboxylic acids is 2. The van der Waals surface area contributed by atoms with Crippen molar-refractivity contribution in [2.75, 3.05) is 17.3 Å². The summed E-state index contributed by atoms with van der Waals surface area (Å²) in [6, 6.07) is 13.5. The Balaban J connectivity index is 2.03. The molecule has 0 aliphatic heterocycles. The van der Waals surface area contributed by atoms with E-state index >= 15 is 0 Å². The number of aryl methyl sites for hydroxylation is 2. The lowest BCUT2D eigenvalue weighted by atomic mass is 10.1. The normalized spacial score (nSPS) is 12.1. The van der Waals surface area contributed by atoms with E-state index in [2.05, 4.69) is 10.6 Å². The standard InChI is InChI=1S/C21H26N2O5S/c1-15-9-10-18(13-16(15)2)22-20(24)19(11-12-29(3,26)27)23-21(25)28-14-17-7-5-4-6-8-17/h4-10,13,19H,11-12,14H2,1-3H3,(H,22,24)(H,23,25)/t19-/m0/s1. The molecule has 1 atom stereocenters. The number of benzene rings is 2. The summed E-state index contributed by atoms with van der Waals surface area (Å²) in [5.41, 5.74) is 3.46. The number of carbonyl (C=O) groups is 2. The van der Waals surface area contributed by atoms with Gasteiger partial charge in [-0.15, -0.1) is 0 Å². The van der Waals surface area contributed by atoms with Gasteiger partial charge in [-0.1, -0.05) is 36.4 Å². The second-order valence-corrected chi connectivity index (χ2v) is 9.23. The third kappa shape index (κ3) is 7.95. The van der Waals surface area contributed by atoms with Crippen molar-refractivity contribution in [2.24, 2.45) is 0 Å². The van der Waals surface area contributed by atoms with Gasteiger partial charge in [-0.3, -0.25) is 4.79 Å². The molecule has 8 heteroatoms. The van der Waals surface area contributed by atoms with E-state index in [1.165, 1.54) is 0 Å². The second-order valence-electron chi connectivity index (χ2n) is 6.97. The van der Waals surface area contributed by atoms with Crippen LogP contribution in [-0.4, -0.2) is 38.5 Å². The highest BCUT2D eigenvalue weighted by Gasteiger charge is 2.23. The highest BCUT2D eigenvalue weighted by atomic mass is 32.2. The fourth-order valence-corrected chi connectivity index (χ4v) is 3.22. The summed E-state index contributed by atoms with van der Waals surface area (Å²) < 4.78 is 28.2. The van der Waals surface area contributed by atoms with E-state index in [1.54, 1.807) is 18.2 Å². The minimum Gasteiger partial charge on any atom is -0.445 e. The molecule has 0 spiro atoms. The summed E-state index contributed by atoms with van der Waals surface area (Å²) in [4.78, 5) is 24.8. The van der Waals surface area contributed by atoms with Gasteiger partial charge in [-0.2, -0.15) is 0 Å². The monoisotopic (exact) mass is 418 g/mol. The van der Waals surface area contributed by atoms with Gasteiger partial charge in [0.15, 0.2) is 0 Å². The van der Waals surface area contributed by atoms with Gasteiger partial charge >= 0.3 is 6.09 Å². The molecule has 0 aromatic heterocycles. The van der Waals surface area contributed by atoms with Crippen molar-refractivity contribution in [1.82, 2.24) is 5.32 Å². The van der Waals surface area contributed by atoms with Crippen LogP contribution in [0.2, 0.25) is 0 Å². The maximum atomic E-state index is 12.7. The van der Waals surface area contributed by atoms with Gasteiger partial charge in [0.05, 0.1) is 5.75 Å². The molecule has 0 unspecified atom stereocenters. The van der Waals surface area contributed by atoms with E-state index in [0.717, 1.165) is 22.9 Å². The Morgan fingerprint density at radius 2 is 1.72 bits per heavy atom. The smallest absolute Gasteiger partial charge is 0.408 e. The zero-order valence-electron chi connectivity index (χ0n) is 16.8. The average Bonchev–Trinajstić information content (AvgIpc) is 2.66. The average molecular weight is 419 g/mol. The van der Waals surface area contributed by atoms with E-state index in [1.807, 2.05) is 44.2 Å². The third-order valence-electron chi connectivity index (χ3n) is 4.37. The number of nitrogens with one attached hydrogen (secondary N) is 2. The van der Waals surface area contributed by atoms with Gasteiger partial charge in [-0.25, -0.2) is 13.2 Å². The van der Waals surface area contributed by atoms with Crippen LogP contribution in [-0.2, 0) is 26.0 Å². The molecule has 2 amide bonds. The molecule has 0 radical (unpaired) electrons. The first-order valence-electron chi connectivity index (χ1n) is 9.17. The quantitative estimate of drug-likeness (QED) is 0.686. The van der Waals surface area contributed by atoms with Crippen LogP contribution < -0.4 is 10.6 Å². The fourth-order valence-electron chi connectivity index (χ4n) is 2.56. The summed E-state index contributed by atoms with van der Waals surface area (Å²) >= 11 is 0. The van der Waals surface area contributed by atoms with Gasteiger partial charge in [0, 0.05) is 11.9 Å². The Morgan fingerprint density at radius 3 is 2.34 bits per heavy atom. The predicted octanol–water partition coefficient (Wildman–Crippen LogP) is 2.97. The number of sulfone groups is 1. The summed E-state index contributed by atoms with van der Waals surface area (Å²) in [6.07, 6.45) is 0.234. The van der Waals surface area contributed by atoms with Crippen molar-refractivity contribution in [3.63, 3.8) is 0 Å². The molecule has 2 rings (SSSR count). The van der Waals surface area contributed by atoms with Gasteiger partial charge in [0.1, 0.15) is 22.5 Å². The molecule has 29 heavy (non-hydrogen) atoms. The topological polar surface area (TPSA) is 102 Å². The molecular weight excluding hydrogens is 392 g/mol. The van der Waals surface area contributed by atoms with E-state index in [9.17, 15) is 18.0 Å². The lowest BCUT2D eigenvalue weighted by molar-refractivity contribution is -0.118. The minimum absolute atomic E-state index is 0.0459. The van der Waals surface area contributed by atoms with Gasteiger partial charge < -0.3 is 15.4 Å². The first kappa shape index (κ1) is 22.4. The summed E-state index contributed by atoms with van der Waals surface area (Å²) in [5.74, 6) is -0.745. The summed E-state index contributed by atoms with van der Waals surface area (Å²) in [7, 11) is -3.30. The molecule has 2 N–H and O–H groups in total. The molecule has 0 bridgehead atoms. The Hall–Kier alpha value is -2.87. The van der Waals surface area contributed by atoms with Crippen LogP contribution in [0.5, 0.6) is 0 Å². The Bertz CT molecular complexity index is 958. The molecule has 2 aromatic rings. The van der Waals surface area contributed by atoms with E-state index in [4.69, 9.17) is 4.74 Å². The zero-order chi connectivity index (χ0) is 21.4. The van der Waals surface area contributed by atoms with Crippen molar-refractivity contribution >= 4 is 27.5 Å². The van der Waals surface area contributed by atoms with Crippen LogP contribution in [0, 0.1) is 13.8 Å². The molecule has 0 saturated heterocycles. The first-order valence-corrected chi connectivity index (χ1v) is 11.2. The van der Waals surface area contributed by atoms with Crippen LogP contribution in [0.1, 0.15) is 23.1 Å². The molecule has 0 aliphatic rings. The predicted molar refractivity (Wildman–Crippen MR) is 112 cm³/mol. The number of amides is 2. The highest BCUT2D eigenvalue weighted by Crippen LogP contribution is 2.15. The van der Waals surface area contributed by atoms with Gasteiger partial charge in [0.25, 0.3) is 0 Å².